The van der Waals surface area contributed by atoms with Crippen LogP contribution in [0.5, 0.6) is 0 Å². The summed E-state index contributed by atoms with van der Waals surface area (Å²) in [5.74, 6) is 0. The van der Waals surface area contributed by atoms with Gasteiger partial charge in [-0.15, -0.1) is 0 Å². The van der Waals surface area contributed by atoms with Gasteiger partial charge in [-0.2, -0.15) is 4.31 Å². The Hall–Kier alpha value is -2.15. The average molecular weight is 401 g/mol. The highest BCUT2D eigenvalue weighted by atomic mass is 32.2. The molecule has 1 aliphatic rings. The van der Waals surface area contributed by atoms with Gasteiger partial charge in [0, 0.05) is 25.2 Å². The predicted octanol–water partition coefficient (Wildman–Crippen LogP) is 4.03. The summed E-state index contributed by atoms with van der Waals surface area (Å²) in [6.45, 7) is 3.40. The van der Waals surface area contributed by atoms with E-state index in [4.69, 9.17) is 4.84 Å². The average Bonchev–Trinajstić information content (AvgIpc) is 2.74. The van der Waals surface area contributed by atoms with Gasteiger partial charge >= 0.3 is 0 Å². The monoisotopic (exact) mass is 400 g/mol. The summed E-state index contributed by atoms with van der Waals surface area (Å²) >= 11 is 0. The lowest BCUT2D eigenvalue weighted by atomic mass is 10.1. The van der Waals surface area contributed by atoms with Crippen LogP contribution in [-0.2, 0) is 27.9 Å². The van der Waals surface area contributed by atoms with Gasteiger partial charge in [-0.25, -0.2) is 8.42 Å². The molecule has 0 radical (unpaired) electrons. The third-order valence-corrected chi connectivity index (χ3v) is 6.72. The fraction of sp³-hybridized carbons (Fsp3) is 0.364. The van der Waals surface area contributed by atoms with Crippen molar-refractivity contribution in [2.45, 2.75) is 44.1 Å². The lowest BCUT2D eigenvalue weighted by Crippen LogP contribution is -2.36. The van der Waals surface area contributed by atoms with Gasteiger partial charge in [-0.05, 0) is 42.2 Å². The molecular formula is C22H28N2O3S. The molecule has 0 spiro atoms. The van der Waals surface area contributed by atoms with Crippen LogP contribution in [-0.4, -0.2) is 25.8 Å². The van der Waals surface area contributed by atoms with Crippen LogP contribution in [0.2, 0.25) is 0 Å². The maximum atomic E-state index is 12.9. The van der Waals surface area contributed by atoms with Crippen molar-refractivity contribution < 1.29 is 13.3 Å². The number of unbranched alkanes of at least 4 members (excludes halogenated alkanes) is 1. The third-order valence-electron chi connectivity index (χ3n) is 4.84. The molecular weight excluding hydrogens is 372 g/mol. The smallest absolute Gasteiger partial charge is 0.243 e. The Labute approximate surface area is 168 Å². The maximum Gasteiger partial charge on any atom is 0.243 e. The van der Waals surface area contributed by atoms with E-state index in [9.17, 15) is 8.42 Å². The van der Waals surface area contributed by atoms with Crippen molar-refractivity contribution >= 4 is 10.0 Å². The van der Waals surface area contributed by atoms with E-state index in [2.05, 4.69) is 12.4 Å². The van der Waals surface area contributed by atoms with E-state index in [0.717, 1.165) is 30.5 Å². The standard InChI is InChI=1S/C22H28N2O3S/c1-2-3-7-19-10-12-22(13-11-19)28(25,26)24-16-14-21(15-17-24)23-27-18-20-8-5-4-6-9-20/h4-6,8-14,23H,2-3,7,15-18H2,1H3. The number of hydrogen-bond donors (Lipinski definition) is 1. The number of hydrogen-bond acceptors (Lipinski definition) is 4. The summed E-state index contributed by atoms with van der Waals surface area (Å²) < 4.78 is 27.2. The van der Waals surface area contributed by atoms with Crippen LogP contribution in [0.15, 0.2) is 71.3 Å². The molecule has 0 saturated heterocycles. The summed E-state index contributed by atoms with van der Waals surface area (Å²) in [6.07, 6.45) is 5.71. The van der Waals surface area contributed by atoms with E-state index < -0.39 is 10.0 Å². The molecule has 6 heteroatoms. The summed E-state index contributed by atoms with van der Waals surface area (Å²) in [7, 11) is -3.47. The number of sulfonamides is 1. The van der Waals surface area contributed by atoms with Crippen LogP contribution in [0.3, 0.4) is 0 Å². The topological polar surface area (TPSA) is 58.6 Å². The van der Waals surface area contributed by atoms with E-state index in [1.165, 1.54) is 9.87 Å². The fourth-order valence-electron chi connectivity index (χ4n) is 3.11. The third kappa shape index (κ3) is 5.44. The molecule has 1 N–H and O–H groups in total. The highest BCUT2D eigenvalue weighted by molar-refractivity contribution is 7.89. The molecule has 28 heavy (non-hydrogen) atoms. The fourth-order valence-corrected chi connectivity index (χ4v) is 4.49. The molecule has 3 rings (SSSR count). The number of nitrogens with one attached hydrogen (secondary N) is 1. The minimum atomic E-state index is -3.47. The lowest BCUT2D eigenvalue weighted by molar-refractivity contribution is 0.0453. The largest absolute Gasteiger partial charge is 0.272 e. The van der Waals surface area contributed by atoms with E-state index in [1.54, 1.807) is 12.1 Å². The first-order chi connectivity index (χ1) is 13.6. The maximum absolute atomic E-state index is 12.9. The number of benzene rings is 2. The highest BCUT2D eigenvalue weighted by Gasteiger charge is 2.26. The Morgan fingerprint density at radius 1 is 1.04 bits per heavy atom. The van der Waals surface area contributed by atoms with Gasteiger partial charge in [-0.1, -0.05) is 55.8 Å². The molecule has 1 heterocycles. The van der Waals surface area contributed by atoms with Crippen molar-refractivity contribution in [3.8, 4) is 0 Å². The van der Waals surface area contributed by atoms with Crippen molar-refractivity contribution in [2.75, 3.05) is 13.1 Å². The van der Waals surface area contributed by atoms with Crippen molar-refractivity contribution in [3.63, 3.8) is 0 Å². The number of hydroxylamine groups is 1. The summed E-state index contributed by atoms with van der Waals surface area (Å²) in [5.41, 5.74) is 6.13. The van der Waals surface area contributed by atoms with Crippen LogP contribution < -0.4 is 5.48 Å². The Kier molecular flexibility index (Phi) is 7.25. The lowest BCUT2D eigenvalue weighted by Gasteiger charge is -2.26. The van der Waals surface area contributed by atoms with Gasteiger partial charge in [-0.3, -0.25) is 10.3 Å². The minimum absolute atomic E-state index is 0.344. The molecule has 0 fully saturated rings. The molecule has 0 aromatic heterocycles. The van der Waals surface area contributed by atoms with E-state index in [0.29, 0.717) is 31.0 Å². The molecule has 2 aromatic carbocycles. The Morgan fingerprint density at radius 3 is 2.43 bits per heavy atom. The molecule has 0 atom stereocenters. The summed E-state index contributed by atoms with van der Waals surface area (Å²) in [4.78, 5) is 5.88. The second-order valence-electron chi connectivity index (χ2n) is 6.97. The van der Waals surface area contributed by atoms with Crippen molar-refractivity contribution in [1.29, 1.82) is 0 Å². The zero-order valence-corrected chi connectivity index (χ0v) is 17.1. The van der Waals surface area contributed by atoms with Gasteiger partial charge < -0.3 is 0 Å². The number of aryl methyl sites for hydroxylation is 1. The van der Waals surface area contributed by atoms with Crippen molar-refractivity contribution in [2.24, 2.45) is 0 Å². The summed E-state index contributed by atoms with van der Waals surface area (Å²) in [5, 5.41) is 0. The van der Waals surface area contributed by atoms with Crippen LogP contribution >= 0.6 is 0 Å². The SMILES string of the molecule is CCCCc1ccc(S(=O)(=O)N2CC=C(NOCc3ccccc3)CC2)cc1. The van der Waals surface area contributed by atoms with Gasteiger partial charge in [0.05, 0.1) is 11.5 Å². The predicted molar refractivity (Wildman–Crippen MR) is 111 cm³/mol. The quantitative estimate of drug-likeness (QED) is 0.646. The van der Waals surface area contributed by atoms with E-state index >= 15 is 0 Å². The van der Waals surface area contributed by atoms with E-state index in [-0.39, 0.29) is 0 Å². The minimum Gasteiger partial charge on any atom is -0.272 e. The normalized spacial score (nSPS) is 15.2. The number of nitrogens with zero attached hydrogens (tertiary/aromatic N) is 1. The molecule has 150 valence electrons. The first-order valence-electron chi connectivity index (χ1n) is 9.79. The van der Waals surface area contributed by atoms with E-state index in [1.807, 2.05) is 48.5 Å². The van der Waals surface area contributed by atoms with Gasteiger partial charge in [0.1, 0.15) is 0 Å². The molecule has 0 bridgehead atoms. The Balaban J connectivity index is 1.53. The van der Waals surface area contributed by atoms with Crippen LogP contribution in [0, 0.1) is 0 Å². The van der Waals surface area contributed by atoms with Crippen LogP contribution in [0.25, 0.3) is 0 Å². The van der Waals surface area contributed by atoms with Crippen LogP contribution in [0.4, 0.5) is 0 Å². The Morgan fingerprint density at radius 2 is 1.79 bits per heavy atom. The molecule has 2 aromatic rings. The number of rotatable bonds is 9. The van der Waals surface area contributed by atoms with Gasteiger partial charge in [0.2, 0.25) is 10.0 Å². The molecule has 1 aliphatic heterocycles. The zero-order valence-electron chi connectivity index (χ0n) is 16.3. The second kappa shape index (κ2) is 9.87. The zero-order chi connectivity index (χ0) is 19.8. The first kappa shape index (κ1) is 20.6. The second-order valence-corrected chi connectivity index (χ2v) is 8.90. The van der Waals surface area contributed by atoms with Gasteiger partial charge in [0.15, 0.2) is 0 Å². The first-order valence-corrected chi connectivity index (χ1v) is 11.2. The molecule has 5 nitrogen and oxygen atoms in total. The van der Waals surface area contributed by atoms with Crippen molar-refractivity contribution in [3.05, 3.63) is 77.5 Å². The van der Waals surface area contributed by atoms with Gasteiger partial charge in [0.25, 0.3) is 0 Å². The van der Waals surface area contributed by atoms with Crippen LogP contribution in [0.1, 0.15) is 37.3 Å². The highest BCUT2D eigenvalue weighted by Crippen LogP contribution is 2.21. The summed E-state index contributed by atoms with van der Waals surface area (Å²) in [6, 6.07) is 17.2. The van der Waals surface area contributed by atoms with Crippen molar-refractivity contribution in [1.82, 2.24) is 9.79 Å². The molecule has 0 amide bonds. The molecule has 0 saturated carbocycles. The molecule has 0 aliphatic carbocycles. The molecule has 0 unspecified atom stereocenters. The Bertz CT molecular complexity index is 878.